The van der Waals surface area contributed by atoms with Gasteiger partial charge in [-0.1, -0.05) is 0 Å². The van der Waals surface area contributed by atoms with Crippen molar-refractivity contribution in [1.29, 1.82) is 0 Å². The van der Waals surface area contributed by atoms with Gasteiger partial charge in [0.05, 0.1) is 0 Å². The summed E-state index contributed by atoms with van der Waals surface area (Å²) >= 11 is 0.495. The summed E-state index contributed by atoms with van der Waals surface area (Å²) in [6.45, 7) is 1.63. The second kappa shape index (κ2) is 4.45. The van der Waals surface area contributed by atoms with Crippen molar-refractivity contribution >= 4 is 19.8 Å². The average Bonchev–Trinajstić information content (AvgIpc) is 2.69. The van der Waals surface area contributed by atoms with Crippen LogP contribution in [-0.4, -0.2) is 26.4 Å². The fourth-order valence-corrected chi connectivity index (χ4v) is 2.52. The monoisotopic (exact) mass is 241 g/mol. The molecule has 1 aromatic carbocycles. The van der Waals surface area contributed by atoms with Crippen LogP contribution in [0.25, 0.3) is 0 Å². The Hall–Kier alpha value is -0.791. The second-order valence-corrected chi connectivity index (χ2v) is 4.96. The Balaban J connectivity index is 1.95. The van der Waals surface area contributed by atoms with Crippen molar-refractivity contribution in [3.8, 4) is 0 Å². The molecule has 0 aromatic heterocycles. The second-order valence-electron chi connectivity index (χ2n) is 2.76. The van der Waals surface area contributed by atoms with Gasteiger partial charge in [-0.25, -0.2) is 0 Å². The molecule has 0 atom stereocenters. The van der Waals surface area contributed by atoms with Gasteiger partial charge in [0.25, 0.3) is 0 Å². The summed E-state index contributed by atoms with van der Waals surface area (Å²) in [6.07, 6.45) is 0. The molecule has 3 heteroatoms. The standard InChI is InChI=1S/C10H11NOSe/c1-2-4-9(5-3-1)8-11-10-12-6-7-13-10/h1-5H,6-8H2. The SMILES string of the molecule is c1ccc(CN=C2OCC[Se]2)cc1. The molecule has 0 saturated carbocycles. The van der Waals surface area contributed by atoms with Crippen LogP contribution in [0, 0.1) is 0 Å². The molecule has 0 amide bonds. The van der Waals surface area contributed by atoms with Crippen LogP contribution in [0.4, 0.5) is 0 Å². The topological polar surface area (TPSA) is 21.6 Å². The van der Waals surface area contributed by atoms with E-state index in [1.54, 1.807) is 0 Å². The van der Waals surface area contributed by atoms with Crippen molar-refractivity contribution in [2.45, 2.75) is 11.9 Å². The van der Waals surface area contributed by atoms with E-state index in [0.29, 0.717) is 15.0 Å². The molecule has 13 heavy (non-hydrogen) atoms. The van der Waals surface area contributed by atoms with E-state index < -0.39 is 0 Å². The number of hydrogen-bond acceptors (Lipinski definition) is 2. The van der Waals surface area contributed by atoms with Gasteiger partial charge in [0, 0.05) is 0 Å². The van der Waals surface area contributed by atoms with Crippen LogP contribution in [0.15, 0.2) is 35.3 Å². The molecule has 1 aliphatic rings. The number of benzene rings is 1. The minimum atomic E-state index is 0.495. The Morgan fingerprint density at radius 1 is 1.31 bits per heavy atom. The molecule has 68 valence electrons. The summed E-state index contributed by atoms with van der Waals surface area (Å²) in [5, 5.41) is 1.18. The summed E-state index contributed by atoms with van der Waals surface area (Å²) in [7, 11) is 0. The molecule has 1 fully saturated rings. The average molecular weight is 240 g/mol. The fraction of sp³-hybridized carbons (Fsp3) is 0.300. The first kappa shape index (κ1) is 8.79. The van der Waals surface area contributed by atoms with Gasteiger partial charge in [0.2, 0.25) is 0 Å². The Morgan fingerprint density at radius 3 is 2.85 bits per heavy atom. The first-order chi connectivity index (χ1) is 6.45. The van der Waals surface area contributed by atoms with Gasteiger partial charge >= 0.3 is 83.8 Å². The Morgan fingerprint density at radius 2 is 2.15 bits per heavy atom. The van der Waals surface area contributed by atoms with Crippen molar-refractivity contribution in [2.75, 3.05) is 6.61 Å². The van der Waals surface area contributed by atoms with Crippen LogP contribution in [0.1, 0.15) is 5.56 Å². The third-order valence-electron chi connectivity index (χ3n) is 1.77. The molecule has 2 nitrogen and oxygen atoms in total. The van der Waals surface area contributed by atoms with E-state index in [0.717, 1.165) is 17.9 Å². The number of nitrogens with zero attached hydrogens (tertiary/aromatic N) is 1. The van der Waals surface area contributed by atoms with Crippen LogP contribution in [0.5, 0.6) is 0 Å². The third kappa shape index (κ3) is 2.58. The quantitative estimate of drug-likeness (QED) is 0.721. The van der Waals surface area contributed by atoms with Gasteiger partial charge in [0.15, 0.2) is 0 Å². The van der Waals surface area contributed by atoms with Gasteiger partial charge in [-0.05, 0) is 0 Å². The first-order valence-corrected chi connectivity index (χ1v) is 6.36. The molecular formula is C10H11NOSe. The molecule has 1 heterocycles. The van der Waals surface area contributed by atoms with Crippen molar-refractivity contribution in [2.24, 2.45) is 4.99 Å². The Labute approximate surface area is 84.2 Å². The van der Waals surface area contributed by atoms with E-state index >= 15 is 0 Å². The van der Waals surface area contributed by atoms with E-state index in [9.17, 15) is 0 Å². The molecule has 0 aliphatic carbocycles. The zero-order valence-electron chi connectivity index (χ0n) is 7.27. The predicted molar refractivity (Wildman–Crippen MR) is 54.1 cm³/mol. The fourth-order valence-electron chi connectivity index (χ4n) is 1.13. The number of aliphatic imine (C=N–C) groups is 1. The van der Waals surface area contributed by atoms with Gasteiger partial charge in [-0.2, -0.15) is 0 Å². The molecule has 0 radical (unpaired) electrons. The van der Waals surface area contributed by atoms with Gasteiger partial charge in [-0.15, -0.1) is 0 Å². The number of hydrogen-bond donors (Lipinski definition) is 0. The molecule has 1 aromatic rings. The van der Waals surface area contributed by atoms with Crippen LogP contribution in [0.2, 0.25) is 5.32 Å². The van der Waals surface area contributed by atoms with E-state index in [2.05, 4.69) is 17.1 Å². The van der Waals surface area contributed by atoms with Gasteiger partial charge in [-0.3, -0.25) is 0 Å². The van der Waals surface area contributed by atoms with Crippen molar-refractivity contribution in [1.82, 2.24) is 0 Å². The summed E-state index contributed by atoms with van der Waals surface area (Å²) in [5.41, 5.74) is 1.25. The molecule has 0 N–H and O–H groups in total. The zero-order valence-corrected chi connectivity index (χ0v) is 8.98. The van der Waals surface area contributed by atoms with Gasteiger partial charge < -0.3 is 0 Å². The van der Waals surface area contributed by atoms with Crippen molar-refractivity contribution in [3.63, 3.8) is 0 Å². The number of ether oxygens (including phenoxy) is 1. The summed E-state index contributed by atoms with van der Waals surface area (Å²) in [5.74, 6) is 0. The summed E-state index contributed by atoms with van der Waals surface area (Å²) in [4.78, 5) is 5.40. The van der Waals surface area contributed by atoms with E-state index in [1.807, 2.05) is 18.2 Å². The molecule has 0 bridgehead atoms. The van der Waals surface area contributed by atoms with Crippen LogP contribution < -0.4 is 0 Å². The van der Waals surface area contributed by atoms with Gasteiger partial charge in [0.1, 0.15) is 0 Å². The Bertz CT molecular complexity index is 289. The van der Waals surface area contributed by atoms with Crippen molar-refractivity contribution < 1.29 is 4.74 Å². The maximum atomic E-state index is 5.35. The van der Waals surface area contributed by atoms with Crippen molar-refractivity contribution in [3.05, 3.63) is 35.9 Å². The molecule has 2 rings (SSSR count). The predicted octanol–water partition coefficient (Wildman–Crippen LogP) is 1.70. The zero-order chi connectivity index (χ0) is 8.93. The molecule has 1 saturated heterocycles. The Kier molecular flexibility index (Phi) is 3.01. The minimum absolute atomic E-state index is 0.495. The van der Waals surface area contributed by atoms with Crippen LogP contribution in [0.3, 0.4) is 0 Å². The first-order valence-electron chi connectivity index (χ1n) is 4.29. The molecule has 0 unspecified atom stereocenters. The van der Waals surface area contributed by atoms with Crippen LogP contribution in [-0.2, 0) is 11.3 Å². The molecule has 0 spiro atoms. The number of rotatable bonds is 2. The normalized spacial score (nSPS) is 18.9. The molecular weight excluding hydrogens is 229 g/mol. The molecule has 1 aliphatic heterocycles. The third-order valence-corrected chi connectivity index (χ3v) is 3.58. The summed E-state index contributed by atoms with van der Waals surface area (Å²) in [6, 6.07) is 10.3. The van der Waals surface area contributed by atoms with E-state index in [-0.39, 0.29) is 0 Å². The van der Waals surface area contributed by atoms with E-state index in [1.165, 1.54) is 10.9 Å². The maximum absolute atomic E-state index is 5.35. The van der Waals surface area contributed by atoms with Crippen LogP contribution >= 0.6 is 0 Å². The summed E-state index contributed by atoms with van der Waals surface area (Å²) < 4.78 is 5.35. The van der Waals surface area contributed by atoms with E-state index in [4.69, 9.17) is 4.74 Å².